The first-order valence-electron chi connectivity index (χ1n) is 8.29. The van der Waals surface area contributed by atoms with Gasteiger partial charge in [-0.25, -0.2) is 0 Å². The zero-order valence-corrected chi connectivity index (χ0v) is 12.3. The Labute approximate surface area is 120 Å². The summed E-state index contributed by atoms with van der Waals surface area (Å²) >= 11 is 0. The van der Waals surface area contributed by atoms with Gasteiger partial charge in [-0.2, -0.15) is 0 Å². The third-order valence-corrected chi connectivity index (χ3v) is 6.16. The second-order valence-electron chi connectivity index (χ2n) is 7.21. The number of hydrogen-bond acceptors (Lipinski definition) is 2. The summed E-state index contributed by atoms with van der Waals surface area (Å²) in [6.45, 7) is 2.72. The van der Waals surface area contributed by atoms with Gasteiger partial charge in [-0.1, -0.05) is 6.42 Å². The van der Waals surface area contributed by atoms with Crippen molar-refractivity contribution in [3.05, 3.63) is 0 Å². The van der Waals surface area contributed by atoms with Crippen molar-refractivity contribution in [2.45, 2.75) is 70.0 Å². The van der Waals surface area contributed by atoms with Crippen LogP contribution < -0.4 is 0 Å². The van der Waals surface area contributed by atoms with Crippen molar-refractivity contribution in [2.75, 3.05) is 6.54 Å². The molecular weight excluding hydrogens is 252 g/mol. The molecule has 0 aromatic rings. The lowest BCUT2D eigenvalue weighted by molar-refractivity contribution is -0.166. The summed E-state index contributed by atoms with van der Waals surface area (Å²) in [6, 6.07) is -0.0305. The molecule has 0 radical (unpaired) electrons. The number of fused-ring (bicyclic) bond motifs is 3. The number of nitrogens with zero attached hydrogens (tertiary/aromatic N) is 2. The number of carbonyl (C=O) groups is 2. The Morgan fingerprint density at radius 2 is 1.85 bits per heavy atom. The van der Waals surface area contributed by atoms with Gasteiger partial charge in [0.1, 0.15) is 12.1 Å². The van der Waals surface area contributed by atoms with E-state index in [2.05, 4.69) is 0 Å². The zero-order chi connectivity index (χ0) is 13.9. The van der Waals surface area contributed by atoms with Gasteiger partial charge in [-0.05, 0) is 57.3 Å². The van der Waals surface area contributed by atoms with Crippen molar-refractivity contribution in [3.8, 4) is 0 Å². The van der Waals surface area contributed by atoms with Crippen molar-refractivity contribution in [1.29, 1.82) is 0 Å². The summed E-state index contributed by atoms with van der Waals surface area (Å²) in [5.41, 5.74) is 0. The van der Waals surface area contributed by atoms with Crippen LogP contribution in [0.5, 0.6) is 0 Å². The second kappa shape index (κ2) is 4.47. The van der Waals surface area contributed by atoms with E-state index in [9.17, 15) is 9.59 Å². The molecule has 2 saturated carbocycles. The van der Waals surface area contributed by atoms with E-state index in [1.165, 1.54) is 19.3 Å². The molecule has 4 fully saturated rings. The number of piperidine rings is 1. The van der Waals surface area contributed by atoms with Gasteiger partial charge < -0.3 is 9.80 Å². The minimum Gasteiger partial charge on any atom is -0.329 e. The number of hydrogen-bond donors (Lipinski definition) is 0. The van der Waals surface area contributed by atoms with Crippen LogP contribution in [-0.4, -0.2) is 46.3 Å². The highest BCUT2D eigenvalue weighted by atomic mass is 16.2. The Hall–Kier alpha value is -1.06. The molecule has 5 atom stereocenters. The van der Waals surface area contributed by atoms with E-state index in [0.717, 1.165) is 38.1 Å². The summed E-state index contributed by atoms with van der Waals surface area (Å²) < 4.78 is 0. The summed E-state index contributed by atoms with van der Waals surface area (Å²) in [5.74, 6) is 1.91. The van der Waals surface area contributed by atoms with Crippen LogP contribution in [0.2, 0.25) is 0 Å². The maximum Gasteiger partial charge on any atom is 0.246 e. The molecule has 2 bridgehead atoms. The molecule has 4 nitrogen and oxygen atoms in total. The molecule has 0 N–H and O–H groups in total. The third-order valence-electron chi connectivity index (χ3n) is 6.16. The lowest BCUT2D eigenvalue weighted by Gasteiger charge is -2.49. The van der Waals surface area contributed by atoms with E-state index >= 15 is 0 Å². The van der Waals surface area contributed by atoms with Crippen LogP contribution in [0, 0.1) is 11.8 Å². The molecule has 4 heteroatoms. The van der Waals surface area contributed by atoms with Crippen molar-refractivity contribution in [2.24, 2.45) is 11.8 Å². The van der Waals surface area contributed by atoms with Crippen molar-refractivity contribution >= 4 is 11.8 Å². The predicted octanol–water partition coefficient (Wildman–Crippen LogP) is 1.79. The van der Waals surface area contributed by atoms with Crippen LogP contribution in [0.3, 0.4) is 0 Å². The quantitative estimate of drug-likeness (QED) is 0.732. The normalized spacial score (nSPS) is 44.1. The smallest absolute Gasteiger partial charge is 0.246 e. The lowest BCUT2D eigenvalue weighted by atomic mass is 9.89. The van der Waals surface area contributed by atoms with Gasteiger partial charge in [0.25, 0.3) is 0 Å². The molecule has 0 aromatic heterocycles. The van der Waals surface area contributed by atoms with Crippen molar-refractivity contribution in [3.63, 3.8) is 0 Å². The fourth-order valence-electron chi connectivity index (χ4n) is 5.18. The Balaban J connectivity index is 1.62. The summed E-state index contributed by atoms with van der Waals surface area (Å²) in [4.78, 5) is 29.4. The Bertz CT molecular complexity index is 450. The fourth-order valence-corrected chi connectivity index (χ4v) is 5.18. The van der Waals surface area contributed by atoms with Crippen LogP contribution >= 0.6 is 0 Å². The SMILES string of the molecule is CC1C(=O)N2CCCCC2C(=O)N1C1CC2CCC1C2. The lowest BCUT2D eigenvalue weighted by Crippen LogP contribution is -2.67. The minimum atomic E-state index is -0.235. The van der Waals surface area contributed by atoms with E-state index in [1.807, 2.05) is 16.7 Å². The minimum absolute atomic E-state index is 0.147. The van der Waals surface area contributed by atoms with E-state index in [1.54, 1.807) is 0 Å². The highest BCUT2D eigenvalue weighted by molar-refractivity contribution is 5.97. The number of amides is 2. The summed E-state index contributed by atoms with van der Waals surface area (Å²) in [7, 11) is 0. The van der Waals surface area contributed by atoms with Crippen LogP contribution in [0.15, 0.2) is 0 Å². The molecule has 4 rings (SSSR count). The molecule has 2 saturated heterocycles. The maximum atomic E-state index is 12.9. The average molecular weight is 276 g/mol. The van der Waals surface area contributed by atoms with Gasteiger partial charge in [-0.3, -0.25) is 9.59 Å². The van der Waals surface area contributed by atoms with Gasteiger partial charge in [0.05, 0.1) is 0 Å². The van der Waals surface area contributed by atoms with E-state index < -0.39 is 0 Å². The van der Waals surface area contributed by atoms with Gasteiger partial charge >= 0.3 is 0 Å². The first-order chi connectivity index (χ1) is 9.66. The van der Waals surface area contributed by atoms with Crippen LogP contribution in [0.25, 0.3) is 0 Å². The largest absolute Gasteiger partial charge is 0.329 e. The molecule has 20 heavy (non-hydrogen) atoms. The van der Waals surface area contributed by atoms with Crippen LogP contribution in [-0.2, 0) is 9.59 Å². The standard InChI is InChI=1S/C16H24N2O2/c1-10-15(19)17-7-3-2-4-13(17)16(20)18(10)14-9-11-5-6-12(14)8-11/h10-14H,2-9H2,1H3. The molecule has 0 spiro atoms. The number of rotatable bonds is 1. The first-order valence-corrected chi connectivity index (χ1v) is 8.29. The molecule has 2 aliphatic carbocycles. The number of piperazine rings is 1. The maximum absolute atomic E-state index is 12.9. The molecule has 2 heterocycles. The molecular formula is C16H24N2O2. The third kappa shape index (κ3) is 1.66. The zero-order valence-electron chi connectivity index (χ0n) is 12.3. The predicted molar refractivity (Wildman–Crippen MR) is 74.9 cm³/mol. The average Bonchev–Trinajstić information content (AvgIpc) is 3.08. The molecule has 5 unspecified atom stereocenters. The Morgan fingerprint density at radius 3 is 2.55 bits per heavy atom. The van der Waals surface area contributed by atoms with E-state index in [0.29, 0.717) is 12.0 Å². The molecule has 2 aliphatic heterocycles. The second-order valence-corrected chi connectivity index (χ2v) is 7.21. The van der Waals surface area contributed by atoms with Gasteiger partial charge in [-0.15, -0.1) is 0 Å². The Kier molecular flexibility index (Phi) is 2.83. The number of carbonyl (C=O) groups excluding carboxylic acids is 2. The highest BCUT2D eigenvalue weighted by Gasteiger charge is 2.51. The topological polar surface area (TPSA) is 40.6 Å². The summed E-state index contributed by atoms with van der Waals surface area (Å²) in [6.07, 6.45) is 8.02. The first kappa shape index (κ1) is 12.7. The van der Waals surface area contributed by atoms with Crippen molar-refractivity contribution in [1.82, 2.24) is 9.80 Å². The van der Waals surface area contributed by atoms with Gasteiger partial charge in [0.15, 0.2) is 0 Å². The van der Waals surface area contributed by atoms with Crippen LogP contribution in [0.1, 0.15) is 51.9 Å². The molecule has 0 aromatic carbocycles. The van der Waals surface area contributed by atoms with E-state index in [-0.39, 0.29) is 23.9 Å². The van der Waals surface area contributed by atoms with Crippen LogP contribution in [0.4, 0.5) is 0 Å². The van der Waals surface area contributed by atoms with E-state index in [4.69, 9.17) is 0 Å². The fraction of sp³-hybridized carbons (Fsp3) is 0.875. The monoisotopic (exact) mass is 276 g/mol. The summed E-state index contributed by atoms with van der Waals surface area (Å²) in [5, 5.41) is 0. The van der Waals surface area contributed by atoms with Gasteiger partial charge in [0.2, 0.25) is 11.8 Å². The highest BCUT2D eigenvalue weighted by Crippen LogP contribution is 2.48. The van der Waals surface area contributed by atoms with Crippen molar-refractivity contribution < 1.29 is 9.59 Å². The Morgan fingerprint density at radius 1 is 1.00 bits per heavy atom. The molecule has 4 aliphatic rings. The molecule has 110 valence electrons. The van der Waals surface area contributed by atoms with Gasteiger partial charge in [0, 0.05) is 12.6 Å². The molecule has 2 amide bonds.